The van der Waals surface area contributed by atoms with Crippen LogP contribution >= 0.6 is 0 Å². The fraction of sp³-hybridized carbons (Fsp3) is 0.846. The van der Waals surface area contributed by atoms with E-state index in [0.717, 1.165) is 25.9 Å². The second kappa shape index (κ2) is 7.45. The molecule has 1 aliphatic heterocycles. The van der Waals surface area contributed by atoms with Crippen LogP contribution in [-0.4, -0.2) is 53.6 Å². The summed E-state index contributed by atoms with van der Waals surface area (Å²) in [7, 11) is 0. The zero-order valence-corrected chi connectivity index (χ0v) is 11.8. The van der Waals surface area contributed by atoms with Gasteiger partial charge in [-0.15, -0.1) is 0 Å². The fourth-order valence-electron chi connectivity index (χ4n) is 2.25. The molecule has 1 aliphatic rings. The number of amides is 1. The Morgan fingerprint density at radius 3 is 2.42 bits per heavy atom. The van der Waals surface area contributed by atoms with Crippen LogP contribution in [0.25, 0.3) is 0 Å². The molecule has 1 saturated heterocycles. The third kappa shape index (κ3) is 6.02. The molecule has 0 bridgehead atoms. The molecule has 0 spiro atoms. The molecule has 19 heavy (non-hydrogen) atoms. The van der Waals surface area contributed by atoms with Crippen LogP contribution in [0, 0.1) is 5.92 Å². The first-order valence-electron chi connectivity index (χ1n) is 6.88. The molecule has 1 heterocycles. The second-order valence-corrected chi connectivity index (χ2v) is 5.70. The molecule has 0 aromatic heterocycles. The quantitative estimate of drug-likeness (QED) is 0.633. The molecular weight excluding hydrogens is 246 g/mol. The van der Waals surface area contributed by atoms with E-state index in [1.165, 1.54) is 0 Å². The van der Waals surface area contributed by atoms with Crippen molar-refractivity contribution in [1.82, 2.24) is 10.2 Å². The van der Waals surface area contributed by atoms with Gasteiger partial charge < -0.3 is 16.2 Å². The highest BCUT2D eigenvalue weighted by Gasteiger charge is 2.23. The number of nitrogens with two attached hydrogens (primary N) is 1. The third-order valence-electron chi connectivity index (χ3n) is 3.34. The summed E-state index contributed by atoms with van der Waals surface area (Å²) in [5.74, 6) is -0.958. The van der Waals surface area contributed by atoms with Gasteiger partial charge in [0, 0.05) is 19.1 Å². The molecule has 110 valence electrons. The van der Waals surface area contributed by atoms with E-state index in [9.17, 15) is 9.59 Å². The number of hydrogen-bond donors (Lipinski definition) is 3. The van der Waals surface area contributed by atoms with Crippen LogP contribution in [0.4, 0.5) is 0 Å². The molecule has 0 aromatic carbocycles. The second-order valence-electron chi connectivity index (χ2n) is 5.70. The third-order valence-corrected chi connectivity index (χ3v) is 3.34. The molecule has 1 fully saturated rings. The van der Waals surface area contributed by atoms with E-state index in [1.807, 2.05) is 18.7 Å². The number of carbonyl (C=O) groups is 2. The van der Waals surface area contributed by atoms with Gasteiger partial charge in [-0.3, -0.25) is 9.69 Å². The van der Waals surface area contributed by atoms with E-state index >= 15 is 0 Å². The number of carboxylic acid groups (broad SMARTS) is 1. The van der Waals surface area contributed by atoms with Gasteiger partial charge in [-0.05, 0) is 25.2 Å². The van der Waals surface area contributed by atoms with Crippen molar-refractivity contribution in [2.24, 2.45) is 11.7 Å². The first-order valence-corrected chi connectivity index (χ1v) is 6.88. The zero-order valence-electron chi connectivity index (χ0n) is 11.8. The molecule has 6 nitrogen and oxygen atoms in total. The standard InChI is InChI=1S/C13H25N3O3/c1-9(2)7-11(13(18)19)15-12(17)8-16-5-3-10(14)4-6-16/h9-11H,3-8,14H2,1-2H3,(H,15,17)(H,18,19)/t11-/m0/s1. The Balaban J connectivity index is 2.38. The average Bonchev–Trinajstić information content (AvgIpc) is 2.30. The highest BCUT2D eigenvalue weighted by atomic mass is 16.4. The molecule has 1 amide bonds. The maximum Gasteiger partial charge on any atom is 0.326 e. The maximum absolute atomic E-state index is 11.8. The largest absolute Gasteiger partial charge is 0.480 e. The number of rotatable bonds is 6. The minimum absolute atomic E-state index is 0.219. The Bertz CT molecular complexity index is 312. The van der Waals surface area contributed by atoms with Crippen LogP contribution < -0.4 is 11.1 Å². The summed E-state index contributed by atoms with van der Waals surface area (Å²) < 4.78 is 0. The molecule has 0 aromatic rings. The lowest BCUT2D eigenvalue weighted by atomic mass is 10.0. The minimum Gasteiger partial charge on any atom is -0.480 e. The Labute approximate surface area is 114 Å². The van der Waals surface area contributed by atoms with E-state index in [1.54, 1.807) is 0 Å². The van der Waals surface area contributed by atoms with Crippen molar-refractivity contribution < 1.29 is 14.7 Å². The number of aliphatic carboxylic acids is 1. The molecule has 6 heteroatoms. The van der Waals surface area contributed by atoms with Gasteiger partial charge in [0.15, 0.2) is 0 Å². The normalized spacial score (nSPS) is 19.4. The van der Waals surface area contributed by atoms with Crippen molar-refractivity contribution in [2.45, 2.75) is 45.2 Å². The van der Waals surface area contributed by atoms with Gasteiger partial charge in [0.25, 0.3) is 0 Å². The van der Waals surface area contributed by atoms with Gasteiger partial charge in [0.05, 0.1) is 6.54 Å². The Kier molecular flexibility index (Phi) is 6.24. The summed E-state index contributed by atoms with van der Waals surface area (Å²) in [6, 6.07) is -0.563. The number of carbonyl (C=O) groups excluding carboxylic acids is 1. The number of piperidine rings is 1. The predicted molar refractivity (Wildman–Crippen MR) is 72.7 cm³/mol. The number of hydrogen-bond acceptors (Lipinski definition) is 4. The summed E-state index contributed by atoms with van der Waals surface area (Å²) in [5, 5.41) is 11.7. The van der Waals surface area contributed by atoms with Crippen molar-refractivity contribution >= 4 is 11.9 Å². The first kappa shape index (κ1) is 15.9. The molecular formula is C13H25N3O3. The van der Waals surface area contributed by atoms with Crippen molar-refractivity contribution in [2.75, 3.05) is 19.6 Å². The number of carboxylic acids is 1. The van der Waals surface area contributed by atoms with Gasteiger partial charge in [0.1, 0.15) is 6.04 Å². The summed E-state index contributed by atoms with van der Waals surface area (Å²) in [4.78, 5) is 24.9. The lowest BCUT2D eigenvalue weighted by Gasteiger charge is -2.29. The molecule has 4 N–H and O–H groups in total. The topological polar surface area (TPSA) is 95.7 Å². The Morgan fingerprint density at radius 2 is 1.95 bits per heavy atom. The molecule has 0 unspecified atom stereocenters. The van der Waals surface area contributed by atoms with Gasteiger partial charge in [0.2, 0.25) is 5.91 Å². The van der Waals surface area contributed by atoms with Crippen LogP contribution in [0.15, 0.2) is 0 Å². The molecule has 1 atom stereocenters. The smallest absolute Gasteiger partial charge is 0.326 e. The highest BCUT2D eigenvalue weighted by Crippen LogP contribution is 2.08. The van der Waals surface area contributed by atoms with Gasteiger partial charge in [-0.2, -0.15) is 0 Å². The van der Waals surface area contributed by atoms with Crippen molar-refractivity contribution in [1.29, 1.82) is 0 Å². The van der Waals surface area contributed by atoms with Crippen LogP contribution in [0.3, 0.4) is 0 Å². The number of likely N-dealkylation sites (tertiary alicyclic amines) is 1. The van der Waals surface area contributed by atoms with E-state index in [-0.39, 0.29) is 24.4 Å². The van der Waals surface area contributed by atoms with Crippen molar-refractivity contribution in [3.8, 4) is 0 Å². The van der Waals surface area contributed by atoms with E-state index in [4.69, 9.17) is 10.8 Å². The fourth-order valence-corrected chi connectivity index (χ4v) is 2.25. The lowest BCUT2D eigenvalue weighted by Crippen LogP contribution is -2.48. The Hall–Kier alpha value is -1.14. The Morgan fingerprint density at radius 1 is 1.37 bits per heavy atom. The van der Waals surface area contributed by atoms with E-state index < -0.39 is 12.0 Å². The maximum atomic E-state index is 11.8. The zero-order chi connectivity index (χ0) is 14.4. The SMILES string of the molecule is CC(C)C[C@H](NC(=O)CN1CCC(N)CC1)C(=O)O. The predicted octanol–water partition coefficient (Wildman–Crippen LogP) is 0.0250. The lowest BCUT2D eigenvalue weighted by molar-refractivity contribution is -0.142. The summed E-state index contributed by atoms with van der Waals surface area (Å²) in [5.41, 5.74) is 5.80. The van der Waals surface area contributed by atoms with Crippen molar-refractivity contribution in [3.63, 3.8) is 0 Å². The van der Waals surface area contributed by atoms with Crippen LogP contribution in [-0.2, 0) is 9.59 Å². The monoisotopic (exact) mass is 271 g/mol. The van der Waals surface area contributed by atoms with E-state index in [0.29, 0.717) is 6.42 Å². The number of nitrogens with zero attached hydrogens (tertiary/aromatic N) is 1. The van der Waals surface area contributed by atoms with Gasteiger partial charge >= 0.3 is 5.97 Å². The number of nitrogens with one attached hydrogen (secondary N) is 1. The summed E-state index contributed by atoms with van der Waals surface area (Å²) in [6.07, 6.45) is 2.23. The van der Waals surface area contributed by atoms with E-state index in [2.05, 4.69) is 5.32 Å². The molecule has 0 saturated carbocycles. The van der Waals surface area contributed by atoms with Crippen molar-refractivity contribution in [3.05, 3.63) is 0 Å². The van der Waals surface area contributed by atoms with Crippen LogP contribution in [0.1, 0.15) is 33.1 Å². The van der Waals surface area contributed by atoms with Gasteiger partial charge in [-0.1, -0.05) is 13.8 Å². The molecule has 0 radical (unpaired) electrons. The van der Waals surface area contributed by atoms with Gasteiger partial charge in [-0.25, -0.2) is 4.79 Å². The summed E-state index contributed by atoms with van der Waals surface area (Å²) >= 11 is 0. The minimum atomic E-state index is -0.970. The summed E-state index contributed by atoms with van der Waals surface area (Å²) in [6.45, 7) is 5.74. The molecule has 1 rings (SSSR count). The first-order chi connectivity index (χ1) is 8.88. The average molecular weight is 271 g/mol. The van der Waals surface area contributed by atoms with Crippen LogP contribution in [0.5, 0.6) is 0 Å². The van der Waals surface area contributed by atoms with Crippen LogP contribution in [0.2, 0.25) is 0 Å². The molecule has 0 aliphatic carbocycles. The highest BCUT2D eigenvalue weighted by molar-refractivity contribution is 5.84.